The van der Waals surface area contributed by atoms with Gasteiger partial charge in [-0.15, -0.1) is 0 Å². The molecule has 0 aliphatic carbocycles. The summed E-state index contributed by atoms with van der Waals surface area (Å²) < 4.78 is -1.13. The highest BCUT2D eigenvalue weighted by molar-refractivity contribution is 8.12. The van der Waals surface area contributed by atoms with Crippen LogP contribution < -0.4 is 0 Å². The van der Waals surface area contributed by atoms with Crippen molar-refractivity contribution in [2.24, 2.45) is 0 Å². The predicted molar refractivity (Wildman–Crippen MR) is 55.1 cm³/mol. The number of rotatable bonds is 3. The van der Waals surface area contributed by atoms with Crippen LogP contribution in [0.4, 0.5) is 0 Å². The second kappa shape index (κ2) is 4.02. The zero-order valence-electron chi connectivity index (χ0n) is 6.97. The first-order valence-electron chi connectivity index (χ1n) is 3.58. The molecule has 0 saturated heterocycles. The molecule has 5 heteroatoms. The number of hydrogen-bond donors (Lipinski definition) is 2. The fraction of sp³-hybridized carbons (Fsp3) is 0.250. The minimum absolute atomic E-state index is 0.655. The molecule has 0 fully saturated rings. The smallest absolute Gasteiger partial charge is 0.329 e. The van der Waals surface area contributed by atoms with Crippen molar-refractivity contribution in [3.05, 3.63) is 24.4 Å². The molecule has 1 unspecified atom stereocenters. The second-order valence-electron chi connectivity index (χ2n) is 2.56. The van der Waals surface area contributed by atoms with Gasteiger partial charge in [-0.2, -0.15) is 12.6 Å². The lowest BCUT2D eigenvalue weighted by Crippen LogP contribution is -2.24. The monoisotopic (exact) mass is 215 g/mol. The predicted octanol–water partition coefficient (Wildman–Crippen LogP) is 1.90. The maximum Gasteiger partial charge on any atom is 0.329 e. The summed E-state index contributed by atoms with van der Waals surface area (Å²) in [6.07, 6.45) is 1.62. The first-order chi connectivity index (χ1) is 6.02. The molecule has 13 heavy (non-hydrogen) atoms. The summed E-state index contributed by atoms with van der Waals surface area (Å²) in [5, 5.41) is 9.43. The van der Waals surface area contributed by atoms with E-state index in [1.807, 2.05) is 0 Å². The lowest BCUT2D eigenvalue weighted by atomic mass is 10.5. The highest BCUT2D eigenvalue weighted by Gasteiger charge is 2.30. The summed E-state index contributed by atoms with van der Waals surface area (Å²) in [7, 11) is 0. The number of nitrogens with zero attached hydrogens (tertiary/aromatic N) is 1. The van der Waals surface area contributed by atoms with Crippen LogP contribution in [0.1, 0.15) is 6.92 Å². The Morgan fingerprint density at radius 1 is 1.69 bits per heavy atom. The van der Waals surface area contributed by atoms with Crippen molar-refractivity contribution in [1.82, 2.24) is 4.98 Å². The van der Waals surface area contributed by atoms with Gasteiger partial charge >= 0.3 is 5.97 Å². The van der Waals surface area contributed by atoms with E-state index < -0.39 is 10.0 Å². The SMILES string of the molecule is CC(S)(Sc1ccccn1)C(=O)O. The molecule has 0 aromatic carbocycles. The van der Waals surface area contributed by atoms with Gasteiger partial charge in [-0.1, -0.05) is 17.8 Å². The molecular formula is C8H9NO2S2. The maximum atomic E-state index is 10.7. The Hall–Kier alpha value is -0.680. The molecule has 1 aromatic heterocycles. The number of aliphatic carboxylic acids is 1. The van der Waals surface area contributed by atoms with Gasteiger partial charge in [0.2, 0.25) is 0 Å². The highest BCUT2D eigenvalue weighted by Crippen LogP contribution is 2.34. The lowest BCUT2D eigenvalue weighted by Gasteiger charge is -2.15. The number of carboxylic acids is 1. The average molecular weight is 215 g/mol. The average Bonchev–Trinajstić information content (AvgIpc) is 2.05. The van der Waals surface area contributed by atoms with Crippen LogP contribution in [0.5, 0.6) is 0 Å². The quantitative estimate of drug-likeness (QED) is 0.459. The van der Waals surface area contributed by atoms with Gasteiger partial charge in [-0.3, -0.25) is 0 Å². The number of hydrogen-bond acceptors (Lipinski definition) is 4. The van der Waals surface area contributed by atoms with Gasteiger partial charge in [0.15, 0.2) is 4.08 Å². The number of thioether (sulfide) groups is 1. The third-order valence-electron chi connectivity index (χ3n) is 1.34. The van der Waals surface area contributed by atoms with Crippen molar-refractivity contribution in [3.8, 4) is 0 Å². The molecule has 1 rings (SSSR count). The van der Waals surface area contributed by atoms with Crippen molar-refractivity contribution >= 4 is 30.4 Å². The lowest BCUT2D eigenvalue weighted by molar-refractivity contribution is -0.136. The van der Waals surface area contributed by atoms with Crippen LogP contribution in [-0.2, 0) is 4.79 Å². The number of carbonyl (C=O) groups is 1. The van der Waals surface area contributed by atoms with E-state index in [0.29, 0.717) is 5.03 Å². The minimum Gasteiger partial charge on any atom is -0.480 e. The summed E-state index contributed by atoms with van der Waals surface area (Å²) in [6.45, 7) is 1.53. The Morgan fingerprint density at radius 2 is 2.38 bits per heavy atom. The fourth-order valence-electron chi connectivity index (χ4n) is 0.655. The Morgan fingerprint density at radius 3 is 2.85 bits per heavy atom. The number of pyridine rings is 1. The van der Waals surface area contributed by atoms with Crippen molar-refractivity contribution < 1.29 is 9.90 Å². The highest BCUT2D eigenvalue weighted by atomic mass is 32.2. The molecule has 0 spiro atoms. The van der Waals surface area contributed by atoms with Gasteiger partial charge in [0.1, 0.15) is 0 Å². The van der Waals surface area contributed by atoms with Gasteiger partial charge in [0.05, 0.1) is 5.03 Å². The standard InChI is InChI=1S/C8H9NO2S2/c1-8(12,7(10)11)13-6-4-2-3-5-9-6/h2-5,12H,1H3,(H,10,11). The van der Waals surface area contributed by atoms with Crippen LogP contribution in [0.2, 0.25) is 0 Å². The van der Waals surface area contributed by atoms with E-state index >= 15 is 0 Å². The normalized spacial score (nSPS) is 14.9. The molecule has 0 saturated carbocycles. The largest absolute Gasteiger partial charge is 0.480 e. The van der Waals surface area contributed by atoms with Gasteiger partial charge in [-0.05, 0) is 19.1 Å². The van der Waals surface area contributed by atoms with Crippen LogP contribution in [0.25, 0.3) is 0 Å². The van der Waals surface area contributed by atoms with E-state index in [0.717, 1.165) is 11.8 Å². The molecule has 1 heterocycles. The van der Waals surface area contributed by atoms with Crippen LogP contribution in [-0.4, -0.2) is 20.1 Å². The summed E-state index contributed by atoms with van der Waals surface area (Å²) in [6, 6.07) is 5.34. The van der Waals surface area contributed by atoms with E-state index in [2.05, 4.69) is 17.6 Å². The Bertz CT molecular complexity index is 300. The molecule has 0 radical (unpaired) electrons. The third-order valence-corrected chi connectivity index (χ3v) is 2.83. The van der Waals surface area contributed by atoms with Crippen molar-refractivity contribution in [2.45, 2.75) is 16.0 Å². The summed E-state index contributed by atoms with van der Waals surface area (Å²) in [4.78, 5) is 14.7. The molecule has 0 bridgehead atoms. The molecule has 1 aromatic rings. The minimum atomic E-state index is -1.13. The van der Waals surface area contributed by atoms with Crippen molar-refractivity contribution in [1.29, 1.82) is 0 Å². The maximum absolute atomic E-state index is 10.7. The Labute approximate surface area is 86.0 Å². The van der Waals surface area contributed by atoms with E-state index in [1.54, 1.807) is 24.4 Å². The summed E-state index contributed by atoms with van der Waals surface area (Å²) in [5.74, 6) is -0.966. The van der Waals surface area contributed by atoms with Gasteiger partial charge in [0.25, 0.3) is 0 Å². The van der Waals surface area contributed by atoms with E-state index in [4.69, 9.17) is 5.11 Å². The second-order valence-corrected chi connectivity index (χ2v) is 5.19. The van der Waals surface area contributed by atoms with Crippen LogP contribution in [0, 0.1) is 0 Å². The molecule has 1 N–H and O–H groups in total. The molecule has 70 valence electrons. The summed E-state index contributed by atoms with van der Waals surface area (Å²) >= 11 is 5.12. The van der Waals surface area contributed by atoms with Crippen LogP contribution >= 0.6 is 24.4 Å². The van der Waals surface area contributed by atoms with Gasteiger partial charge in [-0.25, -0.2) is 9.78 Å². The molecule has 1 atom stereocenters. The molecule has 0 aliphatic rings. The topological polar surface area (TPSA) is 50.2 Å². The van der Waals surface area contributed by atoms with Gasteiger partial charge < -0.3 is 5.11 Å². The first-order valence-corrected chi connectivity index (χ1v) is 4.84. The number of thiol groups is 1. The third kappa shape index (κ3) is 2.93. The fourth-order valence-corrected chi connectivity index (χ4v) is 1.69. The molecule has 3 nitrogen and oxygen atoms in total. The molecular weight excluding hydrogens is 206 g/mol. The van der Waals surface area contributed by atoms with E-state index in [9.17, 15) is 4.79 Å². The molecule has 0 aliphatic heterocycles. The van der Waals surface area contributed by atoms with Crippen molar-refractivity contribution in [2.75, 3.05) is 0 Å². The Balaban J connectivity index is 2.75. The first kappa shape index (κ1) is 10.4. The van der Waals surface area contributed by atoms with E-state index in [-0.39, 0.29) is 0 Å². The number of carboxylic acid groups (broad SMARTS) is 1. The zero-order chi connectivity index (χ0) is 9.90. The number of aromatic nitrogens is 1. The summed E-state index contributed by atoms with van der Waals surface area (Å²) in [5.41, 5.74) is 0. The van der Waals surface area contributed by atoms with Crippen LogP contribution in [0.15, 0.2) is 29.4 Å². The van der Waals surface area contributed by atoms with Gasteiger partial charge in [0, 0.05) is 6.20 Å². The zero-order valence-corrected chi connectivity index (χ0v) is 8.68. The van der Waals surface area contributed by atoms with E-state index in [1.165, 1.54) is 6.92 Å². The van der Waals surface area contributed by atoms with Crippen LogP contribution in [0.3, 0.4) is 0 Å². The molecule has 0 amide bonds. The van der Waals surface area contributed by atoms with Crippen molar-refractivity contribution in [3.63, 3.8) is 0 Å². The Kier molecular flexibility index (Phi) is 3.22.